The number of anilines is 3. The van der Waals surface area contributed by atoms with Crippen molar-refractivity contribution in [2.24, 2.45) is 0 Å². The monoisotopic (exact) mass is 807 g/mol. The summed E-state index contributed by atoms with van der Waals surface area (Å²) in [4.78, 5) is 76.4. The first-order chi connectivity index (χ1) is 27.9. The van der Waals surface area contributed by atoms with Gasteiger partial charge in [-0.1, -0.05) is 6.92 Å². The minimum Gasteiger partial charge on any atom is -0.385 e. The molecule has 3 aliphatic heterocycles. The third-order valence-electron chi connectivity index (χ3n) is 10.9. The maximum atomic E-state index is 13.1. The van der Waals surface area contributed by atoms with Gasteiger partial charge < -0.3 is 20.9 Å². The Labute approximate surface area is 332 Å². The molecule has 1 unspecified atom stereocenters. The van der Waals surface area contributed by atoms with E-state index in [2.05, 4.69) is 36.3 Å². The van der Waals surface area contributed by atoms with Crippen LogP contribution in [0.15, 0.2) is 67.1 Å². The van der Waals surface area contributed by atoms with Gasteiger partial charge in [0.05, 0.1) is 34.3 Å². The number of hydrogen-bond donors (Lipinski definition) is 5. The van der Waals surface area contributed by atoms with Gasteiger partial charge >= 0.3 is 0 Å². The van der Waals surface area contributed by atoms with Gasteiger partial charge in [-0.15, -0.1) is 0 Å². The van der Waals surface area contributed by atoms with Gasteiger partial charge in [-0.3, -0.25) is 38.9 Å². The van der Waals surface area contributed by atoms with E-state index in [9.17, 15) is 32.4 Å². The molecule has 2 aromatic carbocycles. The molecule has 3 aromatic heterocycles. The lowest BCUT2D eigenvalue weighted by molar-refractivity contribution is -0.136. The van der Waals surface area contributed by atoms with E-state index in [1.807, 2.05) is 23.9 Å². The second-order valence-corrected chi connectivity index (χ2v) is 16.8. The number of piperidine rings is 1. The van der Waals surface area contributed by atoms with Gasteiger partial charge in [-0.05, 0) is 74.7 Å². The molecule has 300 valence electrons. The summed E-state index contributed by atoms with van der Waals surface area (Å²) >= 11 is 0. The number of aromatic amines is 1. The summed E-state index contributed by atoms with van der Waals surface area (Å²) in [5.41, 5.74) is 3.73. The Morgan fingerprint density at radius 1 is 0.948 bits per heavy atom. The molecular formula is C39H41N11O7S. The zero-order valence-corrected chi connectivity index (χ0v) is 32.6. The van der Waals surface area contributed by atoms with Crippen molar-refractivity contribution in [1.29, 1.82) is 0 Å². The zero-order chi connectivity index (χ0) is 40.8. The summed E-state index contributed by atoms with van der Waals surface area (Å²) in [6.07, 6.45) is 6.83. The van der Waals surface area contributed by atoms with Crippen molar-refractivity contribution in [3.8, 4) is 11.3 Å². The lowest BCUT2D eigenvalue weighted by atomic mass is 9.89. The molecule has 5 amide bonds. The van der Waals surface area contributed by atoms with Gasteiger partial charge in [-0.25, -0.2) is 13.4 Å². The molecule has 0 saturated carbocycles. The van der Waals surface area contributed by atoms with Gasteiger partial charge in [0.25, 0.3) is 17.7 Å². The number of amides is 5. The molecule has 19 heteroatoms. The van der Waals surface area contributed by atoms with Crippen LogP contribution < -0.4 is 21.3 Å². The minimum absolute atomic E-state index is 0.0490. The molecule has 3 aliphatic rings. The highest BCUT2D eigenvalue weighted by atomic mass is 32.2. The van der Waals surface area contributed by atoms with Crippen LogP contribution in [-0.2, 0) is 25.2 Å². The van der Waals surface area contributed by atoms with Crippen LogP contribution in [0.4, 0.5) is 17.3 Å². The number of imide groups is 2. The first kappa shape index (κ1) is 38.4. The number of fused-ring (bicyclic) bond motifs is 2. The van der Waals surface area contributed by atoms with Gasteiger partial charge in [0.2, 0.25) is 27.8 Å². The van der Waals surface area contributed by atoms with Gasteiger partial charge in [0, 0.05) is 72.9 Å². The zero-order valence-electron chi connectivity index (χ0n) is 31.7. The normalized spacial score (nSPS) is 17.9. The number of carbonyl (C=O) groups is 5. The average Bonchev–Trinajstić information content (AvgIpc) is 3.94. The highest BCUT2D eigenvalue weighted by Crippen LogP contribution is 2.36. The molecule has 58 heavy (non-hydrogen) atoms. The predicted octanol–water partition coefficient (Wildman–Crippen LogP) is 2.97. The van der Waals surface area contributed by atoms with E-state index < -0.39 is 45.2 Å². The van der Waals surface area contributed by atoms with Crippen LogP contribution in [0.5, 0.6) is 0 Å². The fourth-order valence-electron chi connectivity index (χ4n) is 7.48. The van der Waals surface area contributed by atoms with Crippen LogP contribution in [0.2, 0.25) is 0 Å². The van der Waals surface area contributed by atoms with E-state index in [-0.39, 0.29) is 35.6 Å². The molecule has 0 bridgehead atoms. The summed E-state index contributed by atoms with van der Waals surface area (Å²) < 4.78 is 28.2. The van der Waals surface area contributed by atoms with Crippen molar-refractivity contribution >= 4 is 67.9 Å². The van der Waals surface area contributed by atoms with E-state index in [0.717, 1.165) is 15.8 Å². The Hall–Kier alpha value is -6.47. The molecule has 2 saturated heterocycles. The topological polar surface area (TPSA) is 233 Å². The van der Waals surface area contributed by atoms with Gasteiger partial charge in [-0.2, -0.15) is 14.4 Å². The van der Waals surface area contributed by atoms with Crippen LogP contribution in [0.25, 0.3) is 22.3 Å². The van der Waals surface area contributed by atoms with E-state index in [0.29, 0.717) is 73.2 Å². The number of benzene rings is 2. The molecule has 2 fully saturated rings. The van der Waals surface area contributed by atoms with E-state index in [1.165, 1.54) is 4.31 Å². The number of aromatic nitrogens is 5. The van der Waals surface area contributed by atoms with Crippen LogP contribution in [0, 0.1) is 0 Å². The maximum Gasteiger partial charge on any atom is 0.262 e. The number of nitrogens with zero attached hydrogens (tertiary/aromatic N) is 6. The lowest BCUT2D eigenvalue weighted by Gasteiger charge is -2.48. The molecule has 5 N–H and O–H groups in total. The summed E-state index contributed by atoms with van der Waals surface area (Å²) in [7, 11) is -3.28. The number of nitrogens with one attached hydrogen (secondary N) is 5. The van der Waals surface area contributed by atoms with Crippen molar-refractivity contribution in [3.63, 3.8) is 0 Å². The summed E-state index contributed by atoms with van der Waals surface area (Å²) in [5, 5.41) is 17.0. The van der Waals surface area contributed by atoms with Crippen LogP contribution >= 0.6 is 0 Å². The standard InChI is InChI=1S/C39H41N11O7S/c1-3-39(21-48(22-39)58(56,57)4-2)49-20-24(19-43-49)32-28-14-17-41-33(28)47-38(46-32)44-25-8-6-23(7-9-25)34(52)42-16-5-15-40-26-10-11-27-29(18-26)37(55)50(36(27)54)30-12-13-31(51)45-35(30)53/h6-11,14,17-20,30,40H,3-5,12-13,15-16,21-22H2,1-2H3,(H,42,52)(H,45,51,53)(H2,41,44,46,47). The Bertz CT molecular complexity index is 2580. The first-order valence-corrected chi connectivity index (χ1v) is 20.6. The fraction of sp³-hybridized carbons (Fsp3) is 0.333. The number of sulfonamides is 1. The summed E-state index contributed by atoms with van der Waals surface area (Å²) in [5.74, 6) is -2.09. The quantitative estimate of drug-likeness (QED) is 0.0805. The first-order valence-electron chi connectivity index (χ1n) is 19.0. The Kier molecular flexibility index (Phi) is 10.0. The highest BCUT2D eigenvalue weighted by Gasteiger charge is 2.48. The number of hydrogen-bond acceptors (Lipinski definition) is 12. The van der Waals surface area contributed by atoms with Crippen molar-refractivity contribution < 1.29 is 32.4 Å². The van der Waals surface area contributed by atoms with Crippen molar-refractivity contribution in [1.82, 2.24) is 44.6 Å². The molecule has 0 spiro atoms. The molecule has 18 nitrogen and oxygen atoms in total. The summed E-state index contributed by atoms with van der Waals surface area (Å²) in [6, 6.07) is 12.6. The smallest absolute Gasteiger partial charge is 0.262 e. The largest absolute Gasteiger partial charge is 0.385 e. The van der Waals surface area contributed by atoms with Crippen LogP contribution in [0.3, 0.4) is 0 Å². The van der Waals surface area contributed by atoms with Crippen molar-refractivity contribution in [2.75, 3.05) is 42.6 Å². The minimum atomic E-state index is -3.28. The molecule has 6 heterocycles. The van der Waals surface area contributed by atoms with Gasteiger partial charge in [0.15, 0.2) is 0 Å². The molecule has 0 aliphatic carbocycles. The van der Waals surface area contributed by atoms with E-state index >= 15 is 0 Å². The lowest BCUT2D eigenvalue weighted by Crippen LogP contribution is -2.64. The second-order valence-electron chi connectivity index (χ2n) is 14.5. The van der Waals surface area contributed by atoms with Gasteiger partial charge in [0.1, 0.15) is 11.7 Å². The van der Waals surface area contributed by atoms with Crippen molar-refractivity contribution in [2.45, 2.75) is 51.1 Å². The van der Waals surface area contributed by atoms with Crippen LogP contribution in [0.1, 0.15) is 70.6 Å². The molecule has 1 atom stereocenters. The number of carbonyl (C=O) groups excluding carboxylic acids is 5. The molecule has 5 aromatic rings. The molecule has 8 rings (SSSR count). The molecular weight excluding hydrogens is 767 g/mol. The number of rotatable bonds is 14. The second kappa shape index (κ2) is 15.1. The third-order valence-corrected chi connectivity index (χ3v) is 12.7. The Morgan fingerprint density at radius 3 is 2.45 bits per heavy atom. The van der Waals surface area contributed by atoms with Crippen molar-refractivity contribution in [3.05, 3.63) is 83.8 Å². The average molecular weight is 808 g/mol. The Morgan fingerprint density at radius 2 is 1.71 bits per heavy atom. The maximum absolute atomic E-state index is 13.1. The predicted molar refractivity (Wildman–Crippen MR) is 213 cm³/mol. The number of H-pyrrole nitrogens is 1. The summed E-state index contributed by atoms with van der Waals surface area (Å²) in [6.45, 7) is 5.24. The SMILES string of the molecule is CCC1(n2cc(-c3nc(Nc4ccc(C(=O)NCCCNc5ccc6c(c5)C(=O)N(C5CCC(=O)NC5=O)C6=O)cc4)nc4[nH]ccc34)cn2)CN(S(=O)(=O)CC)C1. The van der Waals surface area contributed by atoms with E-state index in [4.69, 9.17) is 4.98 Å². The third kappa shape index (κ3) is 7.06. The van der Waals surface area contributed by atoms with E-state index in [1.54, 1.807) is 61.8 Å². The van der Waals surface area contributed by atoms with Crippen LogP contribution in [-0.4, -0.2) is 110 Å². The Balaban J connectivity index is 0.845. The highest BCUT2D eigenvalue weighted by molar-refractivity contribution is 7.89. The fourth-order valence-corrected chi connectivity index (χ4v) is 8.72. The molecule has 0 radical (unpaired) electrons.